The third-order valence-electron chi connectivity index (χ3n) is 3.42. The number of piperidine rings is 1. The van der Waals surface area contributed by atoms with Crippen molar-refractivity contribution in [2.75, 3.05) is 37.1 Å². The smallest absolute Gasteiger partial charge is 0.350 e. The van der Waals surface area contributed by atoms with Gasteiger partial charge in [-0.15, -0.1) is 23.1 Å². The molecule has 7 heteroatoms. The lowest BCUT2D eigenvalue weighted by atomic mass is 9.95. The maximum atomic E-state index is 11.8. The third-order valence-corrected chi connectivity index (χ3v) is 5.62. The lowest BCUT2D eigenvalue weighted by Crippen LogP contribution is -2.46. The van der Waals surface area contributed by atoms with Crippen molar-refractivity contribution in [3.63, 3.8) is 0 Å². The predicted octanol–water partition coefficient (Wildman–Crippen LogP) is 2.19. The Kier molecular flexibility index (Phi) is 4.51. The molecule has 0 spiro atoms. The van der Waals surface area contributed by atoms with Crippen LogP contribution < -0.4 is 10.6 Å². The molecule has 0 aromatic carbocycles. The van der Waals surface area contributed by atoms with Crippen LogP contribution in [0.25, 0.3) is 0 Å². The second-order valence-corrected chi connectivity index (χ2v) is 7.01. The summed E-state index contributed by atoms with van der Waals surface area (Å²) < 4.78 is 4.77. The SMILES string of the molecule is COC(=O)c1sc(N2CCCC(C)(O)C2)c(SC)c1N. The van der Waals surface area contributed by atoms with Crippen molar-refractivity contribution in [1.29, 1.82) is 0 Å². The van der Waals surface area contributed by atoms with Crippen LogP contribution in [0.15, 0.2) is 4.90 Å². The zero-order valence-corrected chi connectivity index (χ0v) is 13.6. The number of hydrogen-bond donors (Lipinski definition) is 2. The van der Waals surface area contributed by atoms with E-state index in [9.17, 15) is 9.90 Å². The Morgan fingerprint density at radius 2 is 2.30 bits per heavy atom. The minimum atomic E-state index is -0.696. The van der Waals surface area contributed by atoms with E-state index in [1.165, 1.54) is 30.2 Å². The molecule has 20 heavy (non-hydrogen) atoms. The maximum Gasteiger partial charge on any atom is 0.350 e. The van der Waals surface area contributed by atoms with E-state index in [4.69, 9.17) is 10.5 Å². The van der Waals surface area contributed by atoms with E-state index in [1.54, 1.807) is 0 Å². The summed E-state index contributed by atoms with van der Waals surface area (Å²) in [6, 6.07) is 0. The van der Waals surface area contributed by atoms with E-state index >= 15 is 0 Å². The molecule has 2 rings (SSSR count). The molecule has 0 radical (unpaired) electrons. The molecular weight excluding hydrogens is 296 g/mol. The summed E-state index contributed by atoms with van der Waals surface area (Å²) in [5.41, 5.74) is 5.85. The fourth-order valence-electron chi connectivity index (χ4n) is 2.46. The summed E-state index contributed by atoms with van der Waals surface area (Å²) in [5.74, 6) is -0.405. The number of anilines is 2. The lowest BCUT2D eigenvalue weighted by Gasteiger charge is -2.37. The fraction of sp³-hybridized carbons (Fsp3) is 0.615. The van der Waals surface area contributed by atoms with Crippen molar-refractivity contribution >= 4 is 39.8 Å². The molecular formula is C13H20N2O3S2. The summed E-state index contributed by atoms with van der Waals surface area (Å²) in [4.78, 5) is 15.2. The molecule has 0 aliphatic carbocycles. The number of ether oxygens (including phenoxy) is 1. The molecule has 2 heterocycles. The zero-order chi connectivity index (χ0) is 14.9. The van der Waals surface area contributed by atoms with Crippen LogP contribution in [0.1, 0.15) is 29.4 Å². The minimum Gasteiger partial charge on any atom is -0.465 e. The Bertz CT molecular complexity index is 514. The molecule has 1 aliphatic rings. The average Bonchev–Trinajstić information content (AvgIpc) is 2.73. The molecule has 1 unspecified atom stereocenters. The molecule has 1 saturated heterocycles. The largest absolute Gasteiger partial charge is 0.465 e. The van der Waals surface area contributed by atoms with Gasteiger partial charge in [0.15, 0.2) is 0 Å². The number of carbonyl (C=O) groups excluding carboxylic acids is 1. The zero-order valence-electron chi connectivity index (χ0n) is 11.9. The third kappa shape index (κ3) is 2.89. The van der Waals surface area contributed by atoms with Crippen LogP contribution in [0.2, 0.25) is 0 Å². The normalized spacial score (nSPS) is 22.9. The number of methoxy groups -OCH3 is 1. The highest BCUT2D eigenvalue weighted by molar-refractivity contribution is 7.99. The molecule has 0 amide bonds. The second-order valence-electron chi connectivity index (χ2n) is 5.20. The number of hydrogen-bond acceptors (Lipinski definition) is 7. The van der Waals surface area contributed by atoms with Crippen molar-refractivity contribution in [3.05, 3.63) is 4.88 Å². The van der Waals surface area contributed by atoms with Crippen LogP contribution in [0.5, 0.6) is 0 Å². The van der Waals surface area contributed by atoms with Crippen LogP contribution in [0.4, 0.5) is 10.7 Å². The van der Waals surface area contributed by atoms with Crippen LogP contribution in [-0.2, 0) is 4.74 Å². The molecule has 1 aliphatic heterocycles. The van der Waals surface area contributed by atoms with Gasteiger partial charge in [-0.05, 0) is 26.0 Å². The van der Waals surface area contributed by atoms with Gasteiger partial charge in [0, 0.05) is 13.1 Å². The van der Waals surface area contributed by atoms with Crippen molar-refractivity contribution in [2.45, 2.75) is 30.3 Å². The molecule has 0 bridgehead atoms. The highest BCUT2D eigenvalue weighted by Crippen LogP contribution is 2.45. The molecule has 112 valence electrons. The van der Waals surface area contributed by atoms with Gasteiger partial charge in [0.1, 0.15) is 9.88 Å². The first-order valence-electron chi connectivity index (χ1n) is 6.41. The first kappa shape index (κ1) is 15.5. The Morgan fingerprint density at radius 1 is 1.60 bits per heavy atom. The van der Waals surface area contributed by atoms with Crippen molar-refractivity contribution in [1.82, 2.24) is 0 Å². The minimum absolute atomic E-state index is 0.405. The Morgan fingerprint density at radius 3 is 2.85 bits per heavy atom. The Balaban J connectivity index is 2.38. The molecule has 1 aromatic heterocycles. The summed E-state index contributed by atoms with van der Waals surface area (Å²) >= 11 is 2.86. The van der Waals surface area contributed by atoms with Gasteiger partial charge < -0.3 is 20.5 Å². The average molecular weight is 316 g/mol. The highest BCUT2D eigenvalue weighted by Gasteiger charge is 2.32. The van der Waals surface area contributed by atoms with E-state index in [1.807, 2.05) is 13.2 Å². The van der Waals surface area contributed by atoms with E-state index in [0.717, 1.165) is 29.3 Å². The Hall–Kier alpha value is -0.920. The van der Waals surface area contributed by atoms with Crippen LogP contribution in [0, 0.1) is 0 Å². The van der Waals surface area contributed by atoms with Crippen molar-refractivity contribution in [2.24, 2.45) is 0 Å². The van der Waals surface area contributed by atoms with Crippen LogP contribution >= 0.6 is 23.1 Å². The van der Waals surface area contributed by atoms with Gasteiger partial charge in [0.25, 0.3) is 0 Å². The number of β-amino-alcohol motifs (C(OH)–C–C–N with tert-alkyl or cyclic N) is 1. The molecule has 1 aromatic rings. The molecule has 1 fully saturated rings. The Labute approximate surface area is 127 Å². The number of rotatable bonds is 3. The summed E-state index contributed by atoms with van der Waals surface area (Å²) in [6.07, 6.45) is 3.65. The number of nitrogens with two attached hydrogens (primary N) is 1. The van der Waals surface area contributed by atoms with Crippen LogP contribution in [0.3, 0.4) is 0 Å². The number of aliphatic hydroxyl groups is 1. The van der Waals surface area contributed by atoms with Gasteiger partial charge in [-0.1, -0.05) is 0 Å². The van der Waals surface area contributed by atoms with E-state index in [2.05, 4.69) is 4.90 Å². The van der Waals surface area contributed by atoms with Crippen molar-refractivity contribution in [3.8, 4) is 0 Å². The van der Waals surface area contributed by atoms with Gasteiger partial charge in [0.05, 0.1) is 23.3 Å². The van der Waals surface area contributed by atoms with Gasteiger partial charge in [-0.25, -0.2) is 4.79 Å². The number of esters is 1. The quantitative estimate of drug-likeness (QED) is 0.657. The van der Waals surface area contributed by atoms with E-state index < -0.39 is 11.6 Å². The first-order valence-corrected chi connectivity index (χ1v) is 8.45. The van der Waals surface area contributed by atoms with Gasteiger partial charge in [-0.3, -0.25) is 0 Å². The number of nitrogen functional groups attached to an aromatic ring is 1. The van der Waals surface area contributed by atoms with E-state index in [0.29, 0.717) is 17.1 Å². The summed E-state index contributed by atoms with van der Waals surface area (Å²) in [7, 11) is 1.35. The number of thioether (sulfide) groups is 1. The molecule has 3 N–H and O–H groups in total. The molecule has 1 atom stereocenters. The number of nitrogens with zero attached hydrogens (tertiary/aromatic N) is 1. The monoisotopic (exact) mass is 316 g/mol. The standard InChI is InChI=1S/C13H20N2O3S2/c1-13(17)5-4-6-15(7-13)11-9(19-3)8(14)10(20-11)12(16)18-2/h17H,4-7,14H2,1-3H3. The van der Waals surface area contributed by atoms with E-state index in [-0.39, 0.29) is 0 Å². The second kappa shape index (κ2) is 5.83. The first-order chi connectivity index (χ1) is 9.39. The number of carbonyl (C=O) groups is 1. The van der Waals surface area contributed by atoms with Gasteiger partial charge in [0.2, 0.25) is 0 Å². The van der Waals surface area contributed by atoms with Crippen LogP contribution in [-0.4, -0.2) is 43.1 Å². The lowest BCUT2D eigenvalue weighted by molar-refractivity contribution is 0.0450. The highest BCUT2D eigenvalue weighted by atomic mass is 32.2. The fourth-order valence-corrected chi connectivity index (χ4v) is 4.58. The predicted molar refractivity (Wildman–Crippen MR) is 83.9 cm³/mol. The number of thiophene rings is 1. The topological polar surface area (TPSA) is 75.8 Å². The van der Waals surface area contributed by atoms with Gasteiger partial charge >= 0.3 is 5.97 Å². The summed E-state index contributed by atoms with van der Waals surface area (Å²) in [5, 5.41) is 11.2. The molecule has 5 nitrogen and oxygen atoms in total. The molecule has 0 saturated carbocycles. The maximum absolute atomic E-state index is 11.8. The van der Waals surface area contributed by atoms with Gasteiger partial charge in [-0.2, -0.15) is 0 Å². The van der Waals surface area contributed by atoms with Crippen molar-refractivity contribution < 1.29 is 14.6 Å². The summed E-state index contributed by atoms with van der Waals surface area (Å²) in [6.45, 7) is 3.27.